The first-order valence-corrected chi connectivity index (χ1v) is 7.50. The standard InChI is InChI=1S/C15H8Cl3N5/c16-9-5-11(17)14(12(18)6-9)23-15(20)10(7-19)13(22-23)8-1-3-21-4-2-8/h1-6H,20H2. The van der Waals surface area contributed by atoms with Gasteiger partial charge in [-0.2, -0.15) is 10.4 Å². The molecule has 23 heavy (non-hydrogen) atoms. The van der Waals surface area contributed by atoms with Crippen LogP contribution in [0.1, 0.15) is 5.56 Å². The molecule has 8 heteroatoms. The Morgan fingerprint density at radius 1 is 1.09 bits per heavy atom. The number of pyridine rings is 1. The Labute approximate surface area is 146 Å². The minimum Gasteiger partial charge on any atom is -0.382 e. The van der Waals surface area contributed by atoms with Crippen molar-refractivity contribution in [3.05, 3.63) is 57.3 Å². The molecule has 0 aliphatic carbocycles. The molecular formula is C15H8Cl3N5. The van der Waals surface area contributed by atoms with Gasteiger partial charge in [-0.15, -0.1) is 0 Å². The first-order chi connectivity index (χ1) is 11.0. The number of benzene rings is 1. The number of nitrogen functional groups attached to an aromatic ring is 1. The van der Waals surface area contributed by atoms with Gasteiger partial charge in [-0.1, -0.05) is 34.8 Å². The van der Waals surface area contributed by atoms with Crippen molar-refractivity contribution >= 4 is 40.6 Å². The molecule has 2 heterocycles. The minimum atomic E-state index is 0.144. The number of nitriles is 1. The molecule has 3 aromatic rings. The van der Waals surface area contributed by atoms with Gasteiger partial charge in [0.05, 0.1) is 10.0 Å². The van der Waals surface area contributed by atoms with Crippen molar-refractivity contribution in [2.75, 3.05) is 5.73 Å². The summed E-state index contributed by atoms with van der Waals surface area (Å²) in [5, 5.41) is 14.8. The van der Waals surface area contributed by atoms with E-state index in [4.69, 9.17) is 40.5 Å². The monoisotopic (exact) mass is 363 g/mol. The van der Waals surface area contributed by atoms with Crippen LogP contribution in [0.5, 0.6) is 0 Å². The third-order valence-electron chi connectivity index (χ3n) is 3.18. The predicted molar refractivity (Wildman–Crippen MR) is 91.0 cm³/mol. The summed E-state index contributed by atoms with van der Waals surface area (Å²) in [5.41, 5.74) is 7.81. The van der Waals surface area contributed by atoms with Gasteiger partial charge in [0.1, 0.15) is 28.8 Å². The summed E-state index contributed by atoms with van der Waals surface area (Å²) in [4.78, 5) is 3.95. The normalized spacial score (nSPS) is 10.5. The maximum atomic E-state index is 9.42. The molecule has 0 aliphatic heterocycles. The molecule has 0 fully saturated rings. The number of halogens is 3. The summed E-state index contributed by atoms with van der Waals surface area (Å²) in [5.74, 6) is 0.144. The highest BCUT2D eigenvalue weighted by Gasteiger charge is 2.21. The topological polar surface area (TPSA) is 80.5 Å². The molecule has 3 rings (SSSR count). The minimum absolute atomic E-state index is 0.144. The van der Waals surface area contributed by atoms with Gasteiger partial charge in [-0.3, -0.25) is 4.98 Å². The fourth-order valence-electron chi connectivity index (χ4n) is 2.16. The third-order valence-corrected chi connectivity index (χ3v) is 3.97. The second kappa shape index (κ2) is 6.09. The van der Waals surface area contributed by atoms with Crippen molar-refractivity contribution in [2.45, 2.75) is 0 Å². The van der Waals surface area contributed by atoms with Crippen LogP contribution in [0, 0.1) is 11.3 Å². The van der Waals surface area contributed by atoms with Crippen LogP contribution in [0.2, 0.25) is 15.1 Å². The van der Waals surface area contributed by atoms with Gasteiger partial charge in [0.25, 0.3) is 0 Å². The first kappa shape index (κ1) is 15.6. The van der Waals surface area contributed by atoms with Gasteiger partial charge in [0.2, 0.25) is 0 Å². The van der Waals surface area contributed by atoms with E-state index in [-0.39, 0.29) is 21.4 Å². The van der Waals surface area contributed by atoms with Crippen molar-refractivity contribution in [3.63, 3.8) is 0 Å². The maximum absolute atomic E-state index is 9.42. The van der Waals surface area contributed by atoms with E-state index in [2.05, 4.69) is 16.2 Å². The highest BCUT2D eigenvalue weighted by atomic mass is 35.5. The first-order valence-electron chi connectivity index (χ1n) is 6.37. The van der Waals surface area contributed by atoms with Crippen molar-refractivity contribution in [1.82, 2.24) is 14.8 Å². The van der Waals surface area contributed by atoms with Gasteiger partial charge in [-0.05, 0) is 24.3 Å². The summed E-state index contributed by atoms with van der Waals surface area (Å²) >= 11 is 18.3. The molecule has 0 saturated heterocycles. The largest absolute Gasteiger partial charge is 0.382 e. The number of nitrogens with two attached hydrogens (primary N) is 1. The smallest absolute Gasteiger partial charge is 0.146 e. The zero-order chi connectivity index (χ0) is 16.6. The highest BCUT2D eigenvalue weighted by Crippen LogP contribution is 2.36. The van der Waals surface area contributed by atoms with Crippen molar-refractivity contribution in [3.8, 4) is 23.0 Å². The van der Waals surface area contributed by atoms with Crippen LogP contribution in [0.4, 0.5) is 5.82 Å². The third kappa shape index (κ3) is 2.73. The van der Waals surface area contributed by atoms with Crippen LogP contribution < -0.4 is 5.73 Å². The Balaban J connectivity index is 2.28. The molecule has 0 spiro atoms. The molecule has 0 aliphatic rings. The number of hydrogen-bond donors (Lipinski definition) is 1. The molecular weight excluding hydrogens is 357 g/mol. The van der Waals surface area contributed by atoms with E-state index in [0.717, 1.165) is 0 Å². The maximum Gasteiger partial charge on any atom is 0.146 e. The molecule has 0 saturated carbocycles. The zero-order valence-corrected chi connectivity index (χ0v) is 13.7. The van der Waals surface area contributed by atoms with Crippen LogP contribution in [-0.4, -0.2) is 14.8 Å². The van der Waals surface area contributed by atoms with E-state index < -0.39 is 0 Å². The van der Waals surface area contributed by atoms with E-state index in [1.54, 1.807) is 24.5 Å². The zero-order valence-electron chi connectivity index (χ0n) is 11.5. The molecule has 1 aromatic carbocycles. The van der Waals surface area contributed by atoms with E-state index >= 15 is 0 Å². The molecule has 0 amide bonds. The van der Waals surface area contributed by atoms with Gasteiger partial charge >= 0.3 is 0 Å². The Bertz CT molecular complexity index is 905. The average molecular weight is 365 g/mol. The summed E-state index contributed by atoms with van der Waals surface area (Å²) in [7, 11) is 0. The van der Waals surface area contributed by atoms with Gasteiger partial charge in [0.15, 0.2) is 0 Å². The summed E-state index contributed by atoms with van der Waals surface area (Å²) in [6.45, 7) is 0. The van der Waals surface area contributed by atoms with Crippen LogP contribution in [0.3, 0.4) is 0 Å². The van der Waals surface area contributed by atoms with E-state index in [0.29, 0.717) is 22.0 Å². The number of nitrogens with zero attached hydrogens (tertiary/aromatic N) is 4. The Hall–Kier alpha value is -2.26. The Kier molecular flexibility index (Phi) is 4.14. The summed E-state index contributed by atoms with van der Waals surface area (Å²) in [6.07, 6.45) is 3.21. The summed E-state index contributed by atoms with van der Waals surface area (Å²) in [6, 6.07) is 8.59. The van der Waals surface area contributed by atoms with E-state index in [9.17, 15) is 5.26 Å². The SMILES string of the molecule is N#Cc1c(-c2ccncc2)nn(-c2c(Cl)cc(Cl)cc2Cl)c1N. The number of aromatic nitrogens is 3. The predicted octanol–water partition coefficient (Wildman–Crippen LogP) is 4.35. The molecule has 0 bridgehead atoms. The molecule has 5 nitrogen and oxygen atoms in total. The number of rotatable bonds is 2. The van der Waals surface area contributed by atoms with Crippen LogP contribution >= 0.6 is 34.8 Å². The fraction of sp³-hybridized carbons (Fsp3) is 0. The van der Waals surface area contributed by atoms with E-state index in [1.807, 2.05) is 0 Å². The molecule has 0 atom stereocenters. The lowest BCUT2D eigenvalue weighted by molar-refractivity contribution is 0.895. The highest BCUT2D eigenvalue weighted by molar-refractivity contribution is 6.40. The second-order valence-electron chi connectivity index (χ2n) is 4.59. The van der Waals surface area contributed by atoms with Crippen molar-refractivity contribution in [2.24, 2.45) is 0 Å². The van der Waals surface area contributed by atoms with Gasteiger partial charge in [0, 0.05) is 23.0 Å². The van der Waals surface area contributed by atoms with Crippen molar-refractivity contribution in [1.29, 1.82) is 5.26 Å². The van der Waals surface area contributed by atoms with Crippen LogP contribution in [-0.2, 0) is 0 Å². The average Bonchev–Trinajstić information content (AvgIpc) is 2.84. The molecule has 2 N–H and O–H groups in total. The number of hydrogen-bond acceptors (Lipinski definition) is 4. The number of anilines is 1. The lowest BCUT2D eigenvalue weighted by Gasteiger charge is -2.09. The van der Waals surface area contributed by atoms with Crippen molar-refractivity contribution < 1.29 is 0 Å². The van der Waals surface area contributed by atoms with Gasteiger partial charge < -0.3 is 5.73 Å². The lowest BCUT2D eigenvalue weighted by Crippen LogP contribution is -2.04. The Morgan fingerprint density at radius 2 is 1.70 bits per heavy atom. The lowest BCUT2D eigenvalue weighted by atomic mass is 10.1. The Morgan fingerprint density at radius 3 is 2.26 bits per heavy atom. The van der Waals surface area contributed by atoms with Crippen LogP contribution in [0.15, 0.2) is 36.7 Å². The summed E-state index contributed by atoms with van der Waals surface area (Å²) < 4.78 is 1.34. The van der Waals surface area contributed by atoms with Crippen LogP contribution in [0.25, 0.3) is 16.9 Å². The fourth-order valence-corrected chi connectivity index (χ4v) is 3.14. The molecule has 0 unspecified atom stereocenters. The van der Waals surface area contributed by atoms with Gasteiger partial charge in [-0.25, -0.2) is 4.68 Å². The molecule has 2 aromatic heterocycles. The molecule has 0 radical (unpaired) electrons. The quantitative estimate of drug-likeness (QED) is 0.733. The van der Waals surface area contributed by atoms with E-state index in [1.165, 1.54) is 16.8 Å². The second-order valence-corrected chi connectivity index (χ2v) is 5.84. The molecule has 114 valence electrons.